The predicted octanol–water partition coefficient (Wildman–Crippen LogP) is 2.55. The Kier molecular flexibility index (Phi) is 5.09. The predicted molar refractivity (Wildman–Crippen MR) is 119 cm³/mol. The van der Waals surface area contributed by atoms with Crippen molar-refractivity contribution in [2.75, 3.05) is 26.3 Å². The maximum atomic E-state index is 13.0. The SMILES string of the molecule is COc1ccc(OC)c(NC(=O)Cn2ccn3nc(-c4ccc5c(c4)OCO5)cc3c2=O)c1. The van der Waals surface area contributed by atoms with Crippen LogP contribution in [0.4, 0.5) is 5.69 Å². The van der Waals surface area contributed by atoms with Gasteiger partial charge in [-0.1, -0.05) is 0 Å². The molecule has 3 heterocycles. The maximum Gasteiger partial charge on any atom is 0.277 e. The molecule has 4 aromatic rings. The van der Waals surface area contributed by atoms with E-state index in [-0.39, 0.29) is 24.8 Å². The Morgan fingerprint density at radius 2 is 1.91 bits per heavy atom. The Hall–Kier alpha value is -4.47. The number of carbonyl (C=O) groups excluding carboxylic acids is 1. The van der Waals surface area contributed by atoms with Gasteiger partial charge in [0.15, 0.2) is 11.5 Å². The monoisotopic (exact) mass is 448 g/mol. The highest BCUT2D eigenvalue weighted by Crippen LogP contribution is 2.35. The molecule has 0 saturated carbocycles. The molecule has 2 aromatic carbocycles. The molecule has 0 aliphatic carbocycles. The van der Waals surface area contributed by atoms with Gasteiger partial charge in [-0.2, -0.15) is 5.10 Å². The third kappa shape index (κ3) is 3.82. The fraction of sp³-hybridized carbons (Fsp3) is 0.174. The zero-order chi connectivity index (χ0) is 22.9. The smallest absolute Gasteiger partial charge is 0.277 e. The molecule has 2 aromatic heterocycles. The van der Waals surface area contributed by atoms with Crippen LogP contribution in [0.5, 0.6) is 23.0 Å². The van der Waals surface area contributed by atoms with Crippen molar-refractivity contribution in [1.82, 2.24) is 14.2 Å². The topological polar surface area (TPSA) is 105 Å². The first-order chi connectivity index (χ1) is 16.1. The van der Waals surface area contributed by atoms with Gasteiger partial charge >= 0.3 is 0 Å². The largest absolute Gasteiger partial charge is 0.497 e. The third-order valence-electron chi connectivity index (χ3n) is 5.27. The quantitative estimate of drug-likeness (QED) is 0.483. The van der Waals surface area contributed by atoms with Crippen molar-refractivity contribution < 1.29 is 23.7 Å². The number of rotatable bonds is 6. The van der Waals surface area contributed by atoms with Crippen molar-refractivity contribution in [3.63, 3.8) is 0 Å². The lowest BCUT2D eigenvalue weighted by molar-refractivity contribution is -0.116. The number of aromatic nitrogens is 3. The van der Waals surface area contributed by atoms with E-state index in [1.165, 1.54) is 29.5 Å². The molecule has 10 nitrogen and oxygen atoms in total. The minimum atomic E-state index is -0.386. The molecule has 1 amide bonds. The Morgan fingerprint density at radius 3 is 2.73 bits per heavy atom. The first-order valence-corrected chi connectivity index (χ1v) is 10.1. The minimum absolute atomic E-state index is 0.179. The molecule has 0 fully saturated rings. The zero-order valence-corrected chi connectivity index (χ0v) is 17.9. The van der Waals surface area contributed by atoms with E-state index < -0.39 is 0 Å². The van der Waals surface area contributed by atoms with E-state index in [2.05, 4.69) is 10.4 Å². The van der Waals surface area contributed by atoms with Crippen LogP contribution in [0, 0.1) is 0 Å². The summed E-state index contributed by atoms with van der Waals surface area (Å²) < 4.78 is 24.0. The maximum absolute atomic E-state index is 13.0. The first kappa shape index (κ1) is 20.4. The summed E-state index contributed by atoms with van der Waals surface area (Å²) in [5, 5.41) is 7.24. The number of anilines is 1. The molecule has 0 radical (unpaired) electrons. The van der Waals surface area contributed by atoms with Crippen molar-refractivity contribution in [3.8, 4) is 34.3 Å². The van der Waals surface area contributed by atoms with E-state index in [9.17, 15) is 9.59 Å². The number of carbonyl (C=O) groups is 1. The number of nitrogens with zero attached hydrogens (tertiary/aromatic N) is 3. The van der Waals surface area contributed by atoms with E-state index >= 15 is 0 Å². The Balaban J connectivity index is 1.40. The number of hydrogen-bond acceptors (Lipinski definition) is 7. The fourth-order valence-corrected chi connectivity index (χ4v) is 3.60. The summed E-state index contributed by atoms with van der Waals surface area (Å²) in [6, 6.07) is 12.2. The molecule has 1 aliphatic rings. The van der Waals surface area contributed by atoms with Crippen LogP contribution in [0.2, 0.25) is 0 Å². The fourth-order valence-electron chi connectivity index (χ4n) is 3.60. The molecule has 10 heteroatoms. The molecule has 0 saturated heterocycles. The summed E-state index contributed by atoms with van der Waals surface area (Å²) in [5.41, 5.74) is 1.84. The van der Waals surface area contributed by atoms with Crippen molar-refractivity contribution in [1.29, 1.82) is 0 Å². The molecule has 1 aliphatic heterocycles. The molecular weight excluding hydrogens is 428 g/mol. The Labute approximate surface area is 187 Å². The zero-order valence-electron chi connectivity index (χ0n) is 17.9. The van der Waals surface area contributed by atoms with E-state index in [4.69, 9.17) is 18.9 Å². The third-order valence-corrected chi connectivity index (χ3v) is 5.27. The number of benzene rings is 2. The van der Waals surface area contributed by atoms with Crippen LogP contribution in [0.25, 0.3) is 16.8 Å². The highest BCUT2D eigenvalue weighted by molar-refractivity contribution is 5.92. The van der Waals surface area contributed by atoms with Crippen LogP contribution < -0.4 is 29.8 Å². The average Bonchev–Trinajstić information content (AvgIpc) is 3.47. The van der Waals surface area contributed by atoms with Gasteiger partial charge in [-0.3, -0.25) is 9.59 Å². The normalized spacial score (nSPS) is 12.1. The minimum Gasteiger partial charge on any atom is -0.497 e. The van der Waals surface area contributed by atoms with E-state index in [0.717, 1.165) is 5.56 Å². The van der Waals surface area contributed by atoms with Crippen LogP contribution in [0.3, 0.4) is 0 Å². The van der Waals surface area contributed by atoms with Crippen molar-refractivity contribution in [3.05, 3.63) is 65.2 Å². The molecule has 0 bridgehead atoms. The van der Waals surface area contributed by atoms with Crippen LogP contribution in [0.1, 0.15) is 0 Å². The van der Waals surface area contributed by atoms with Crippen LogP contribution >= 0.6 is 0 Å². The van der Waals surface area contributed by atoms with Crippen molar-refractivity contribution in [2.45, 2.75) is 6.54 Å². The number of hydrogen-bond donors (Lipinski definition) is 1. The molecule has 33 heavy (non-hydrogen) atoms. The second-order valence-electron chi connectivity index (χ2n) is 7.27. The lowest BCUT2D eigenvalue weighted by Gasteiger charge is -2.12. The van der Waals surface area contributed by atoms with Gasteiger partial charge in [-0.05, 0) is 36.4 Å². The second-order valence-corrected chi connectivity index (χ2v) is 7.27. The number of nitrogens with one attached hydrogen (secondary N) is 1. The van der Waals surface area contributed by atoms with Gasteiger partial charge in [0, 0.05) is 24.0 Å². The Morgan fingerprint density at radius 1 is 1.06 bits per heavy atom. The van der Waals surface area contributed by atoms with Gasteiger partial charge in [0.05, 0.1) is 25.6 Å². The number of methoxy groups -OCH3 is 2. The lowest BCUT2D eigenvalue weighted by Crippen LogP contribution is -2.28. The summed E-state index contributed by atoms with van der Waals surface area (Å²) in [6.45, 7) is -0.00139. The highest BCUT2D eigenvalue weighted by Gasteiger charge is 2.17. The molecule has 0 unspecified atom stereocenters. The van der Waals surface area contributed by atoms with E-state index in [1.54, 1.807) is 36.5 Å². The van der Waals surface area contributed by atoms with Gasteiger partial charge in [0.2, 0.25) is 12.7 Å². The van der Waals surface area contributed by atoms with Gasteiger partial charge in [-0.25, -0.2) is 4.52 Å². The molecule has 5 rings (SSSR count). The highest BCUT2D eigenvalue weighted by atomic mass is 16.7. The molecule has 1 N–H and O–H groups in total. The molecular formula is C23H20N4O6. The van der Waals surface area contributed by atoms with E-state index in [0.29, 0.717) is 39.9 Å². The lowest BCUT2D eigenvalue weighted by atomic mass is 10.1. The van der Waals surface area contributed by atoms with Crippen molar-refractivity contribution in [2.24, 2.45) is 0 Å². The standard InChI is InChI=1S/C23H20N4O6/c1-30-15-4-6-19(31-2)17(10-15)24-22(28)12-26-7-8-27-18(23(26)29)11-16(25-27)14-3-5-20-21(9-14)33-13-32-20/h3-11H,12-13H2,1-2H3,(H,24,28). The Bertz CT molecular complexity index is 1420. The first-order valence-electron chi connectivity index (χ1n) is 10.1. The molecule has 0 spiro atoms. The van der Waals surface area contributed by atoms with Crippen LogP contribution in [0.15, 0.2) is 59.7 Å². The second kappa shape index (κ2) is 8.23. The summed E-state index contributed by atoms with van der Waals surface area (Å²) in [6.07, 6.45) is 3.15. The van der Waals surface area contributed by atoms with Crippen molar-refractivity contribution >= 4 is 17.1 Å². The van der Waals surface area contributed by atoms with Crippen LogP contribution in [-0.2, 0) is 11.3 Å². The van der Waals surface area contributed by atoms with Gasteiger partial charge in [0.25, 0.3) is 5.56 Å². The van der Waals surface area contributed by atoms with E-state index in [1.807, 2.05) is 12.1 Å². The number of fused-ring (bicyclic) bond motifs is 2. The number of amides is 1. The summed E-state index contributed by atoms with van der Waals surface area (Å²) in [5.74, 6) is 1.97. The molecule has 0 atom stereocenters. The summed E-state index contributed by atoms with van der Waals surface area (Å²) >= 11 is 0. The van der Waals surface area contributed by atoms with Gasteiger partial charge < -0.3 is 28.8 Å². The summed E-state index contributed by atoms with van der Waals surface area (Å²) in [7, 11) is 3.04. The van der Waals surface area contributed by atoms with Crippen LogP contribution in [-0.4, -0.2) is 41.1 Å². The summed E-state index contributed by atoms with van der Waals surface area (Å²) in [4.78, 5) is 25.7. The van der Waals surface area contributed by atoms with Gasteiger partial charge in [-0.15, -0.1) is 0 Å². The molecule has 168 valence electrons. The van der Waals surface area contributed by atoms with Gasteiger partial charge in [0.1, 0.15) is 23.6 Å². The average molecular weight is 448 g/mol. The number of ether oxygens (including phenoxy) is 4.